The lowest BCUT2D eigenvalue weighted by molar-refractivity contribution is -0.00755. The lowest BCUT2D eigenvalue weighted by atomic mass is 9.87. The molecule has 2 rings (SSSR count). The van der Waals surface area contributed by atoms with Gasteiger partial charge < -0.3 is 14.5 Å². The van der Waals surface area contributed by atoms with Crippen molar-refractivity contribution in [3.05, 3.63) is 0 Å². The standard InChI is InChI=1S/C17H34N2O/c1-14(2)17-5-7-18(8-6-17)9-10-20-13-16-11-19(12-16)15(3)4/h14-17H,5-13H2,1-4H3. The molecule has 3 heteroatoms. The molecule has 2 aliphatic heterocycles. The van der Waals surface area contributed by atoms with Crippen LogP contribution in [-0.4, -0.2) is 61.8 Å². The van der Waals surface area contributed by atoms with Gasteiger partial charge in [0.25, 0.3) is 0 Å². The van der Waals surface area contributed by atoms with Gasteiger partial charge in [-0.15, -0.1) is 0 Å². The summed E-state index contributed by atoms with van der Waals surface area (Å²) in [6.45, 7) is 17.3. The number of rotatable bonds is 7. The van der Waals surface area contributed by atoms with Gasteiger partial charge in [0.1, 0.15) is 0 Å². The summed E-state index contributed by atoms with van der Waals surface area (Å²) in [5.41, 5.74) is 0. The van der Waals surface area contributed by atoms with Crippen LogP contribution in [0.25, 0.3) is 0 Å². The molecule has 2 fully saturated rings. The summed E-state index contributed by atoms with van der Waals surface area (Å²) in [6, 6.07) is 0.702. The Morgan fingerprint density at radius 1 is 1.05 bits per heavy atom. The molecule has 0 amide bonds. The Balaban J connectivity index is 1.47. The highest BCUT2D eigenvalue weighted by Gasteiger charge is 2.28. The number of nitrogens with zero attached hydrogens (tertiary/aromatic N) is 2. The number of likely N-dealkylation sites (tertiary alicyclic amines) is 2. The summed E-state index contributed by atoms with van der Waals surface area (Å²) >= 11 is 0. The highest BCUT2D eigenvalue weighted by Crippen LogP contribution is 2.24. The Labute approximate surface area is 125 Å². The smallest absolute Gasteiger partial charge is 0.0593 e. The SMILES string of the molecule is CC(C)C1CCN(CCOCC2CN(C(C)C)C2)CC1. The average molecular weight is 282 g/mol. The lowest BCUT2D eigenvalue weighted by Gasteiger charge is -2.42. The van der Waals surface area contributed by atoms with E-state index in [4.69, 9.17) is 4.74 Å². The first-order chi connectivity index (χ1) is 9.56. The largest absolute Gasteiger partial charge is 0.380 e. The van der Waals surface area contributed by atoms with E-state index in [9.17, 15) is 0 Å². The molecular formula is C17H34N2O. The Morgan fingerprint density at radius 2 is 1.70 bits per heavy atom. The van der Waals surface area contributed by atoms with Gasteiger partial charge in [-0.25, -0.2) is 0 Å². The average Bonchev–Trinajstić information content (AvgIpc) is 2.36. The van der Waals surface area contributed by atoms with Crippen molar-refractivity contribution >= 4 is 0 Å². The number of piperidine rings is 1. The van der Waals surface area contributed by atoms with Gasteiger partial charge in [-0.1, -0.05) is 13.8 Å². The molecule has 0 atom stereocenters. The lowest BCUT2D eigenvalue weighted by Crippen LogP contribution is -2.51. The monoisotopic (exact) mass is 282 g/mol. The Kier molecular flexibility index (Phi) is 6.31. The molecule has 3 nitrogen and oxygen atoms in total. The van der Waals surface area contributed by atoms with Crippen molar-refractivity contribution in [3.8, 4) is 0 Å². The highest BCUT2D eigenvalue weighted by molar-refractivity contribution is 4.81. The van der Waals surface area contributed by atoms with E-state index in [1.54, 1.807) is 0 Å². The second kappa shape index (κ2) is 7.77. The van der Waals surface area contributed by atoms with Gasteiger partial charge in [0.2, 0.25) is 0 Å². The molecule has 0 unspecified atom stereocenters. The van der Waals surface area contributed by atoms with Crippen LogP contribution in [-0.2, 0) is 4.74 Å². The first-order valence-electron chi connectivity index (χ1n) is 8.60. The Morgan fingerprint density at radius 3 is 2.25 bits per heavy atom. The third-order valence-electron chi connectivity index (χ3n) is 5.20. The fourth-order valence-corrected chi connectivity index (χ4v) is 3.42. The first kappa shape index (κ1) is 16.3. The van der Waals surface area contributed by atoms with Crippen LogP contribution in [0.4, 0.5) is 0 Å². The van der Waals surface area contributed by atoms with Crippen molar-refractivity contribution in [1.29, 1.82) is 0 Å². The topological polar surface area (TPSA) is 15.7 Å². The third-order valence-corrected chi connectivity index (χ3v) is 5.20. The molecule has 0 aromatic rings. The predicted octanol–water partition coefficient (Wildman–Crippen LogP) is 2.71. The number of ether oxygens (including phenoxy) is 1. The van der Waals surface area contributed by atoms with E-state index < -0.39 is 0 Å². The van der Waals surface area contributed by atoms with Crippen LogP contribution in [0.15, 0.2) is 0 Å². The molecule has 0 spiro atoms. The molecule has 2 saturated heterocycles. The molecule has 0 aromatic heterocycles. The molecule has 118 valence electrons. The van der Waals surface area contributed by atoms with Crippen LogP contribution >= 0.6 is 0 Å². The van der Waals surface area contributed by atoms with Gasteiger partial charge >= 0.3 is 0 Å². The molecule has 0 aromatic carbocycles. The molecule has 0 radical (unpaired) electrons. The zero-order valence-electron chi connectivity index (χ0n) is 14.0. The van der Waals surface area contributed by atoms with E-state index in [-0.39, 0.29) is 0 Å². The zero-order chi connectivity index (χ0) is 14.5. The maximum Gasteiger partial charge on any atom is 0.0593 e. The molecule has 20 heavy (non-hydrogen) atoms. The normalized spacial score (nSPS) is 23.7. The minimum absolute atomic E-state index is 0.702. The zero-order valence-corrected chi connectivity index (χ0v) is 14.0. The van der Waals surface area contributed by atoms with E-state index in [0.29, 0.717) is 6.04 Å². The van der Waals surface area contributed by atoms with Crippen molar-refractivity contribution in [1.82, 2.24) is 9.80 Å². The molecule has 2 heterocycles. The van der Waals surface area contributed by atoms with E-state index in [1.165, 1.54) is 39.0 Å². The summed E-state index contributed by atoms with van der Waals surface area (Å²) in [5.74, 6) is 2.59. The van der Waals surface area contributed by atoms with Crippen molar-refractivity contribution in [2.45, 2.75) is 46.6 Å². The summed E-state index contributed by atoms with van der Waals surface area (Å²) in [5, 5.41) is 0. The van der Waals surface area contributed by atoms with E-state index >= 15 is 0 Å². The predicted molar refractivity (Wildman–Crippen MR) is 85.0 cm³/mol. The highest BCUT2D eigenvalue weighted by atomic mass is 16.5. The summed E-state index contributed by atoms with van der Waals surface area (Å²) in [6.07, 6.45) is 2.76. The van der Waals surface area contributed by atoms with Gasteiger partial charge in [0.05, 0.1) is 13.2 Å². The molecular weight excluding hydrogens is 248 g/mol. The molecule has 0 bridgehead atoms. The fourth-order valence-electron chi connectivity index (χ4n) is 3.42. The van der Waals surface area contributed by atoms with E-state index in [1.807, 2.05) is 0 Å². The Bertz CT molecular complexity index is 266. The third kappa shape index (κ3) is 4.71. The maximum atomic E-state index is 5.87. The maximum absolute atomic E-state index is 5.87. The summed E-state index contributed by atoms with van der Waals surface area (Å²) in [7, 11) is 0. The van der Waals surface area contributed by atoms with E-state index in [2.05, 4.69) is 37.5 Å². The molecule has 0 saturated carbocycles. The minimum atomic E-state index is 0.702. The Hall–Kier alpha value is -0.120. The minimum Gasteiger partial charge on any atom is -0.380 e. The van der Waals surface area contributed by atoms with Crippen LogP contribution in [0.1, 0.15) is 40.5 Å². The van der Waals surface area contributed by atoms with Crippen molar-refractivity contribution < 1.29 is 4.74 Å². The fraction of sp³-hybridized carbons (Fsp3) is 1.00. The first-order valence-corrected chi connectivity index (χ1v) is 8.60. The number of hydrogen-bond acceptors (Lipinski definition) is 3. The van der Waals surface area contributed by atoms with Crippen LogP contribution in [0.3, 0.4) is 0 Å². The molecule has 0 N–H and O–H groups in total. The second-order valence-electron chi connectivity index (χ2n) is 7.41. The van der Waals surface area contributed by atoms with Crippen molar-refractivity contribution in [3.63, 3.8) is 0 Å². The van der Waals surface area contributed by atoms with Crippen molar-refractivity contribution in [2.24, 2.45) is 17.8 Å². The van der Waals surface area contributed by atoms with Crippen molar-refractivity contribution in [2.75, 3.05) is 45.9 Å². The van der Waals surface area contributed by atoms with Crippen LogP contribution < -0.4 is 0 Å². The van der Waals surface area contributed by atoms with Gasteiger partial charge in [0, 0.05) is 31.6 Å². The summed E-state index contributed by atoms with van der Waals surface area (Å²) in [4.78, 5) is 5.10. The van der Waals surface area contributed by atoms with E-state index in [0.717, 1.165) is 37.5 Å². The number of hydrogen-bond donors (Lipinski definition) is 0. The van der Waals surface area contributed by atoms with Gasteiger partial charge in [0.15, 0.2) is 0 Å². The van der Waals surface area contributed by atoms with Gasteiger partial charge in [-0.05, 0) is 51.6 Å². The van der Waals surface area contributed by atoms with Crippen LogP contribution in [0.5, 0.6) is 0 Å². The quantitative estimate of drug-likeness (QED) is 0.668. The van der Waals surface area contributed by atoms with Crippen LogP contribution in [0.2, 0.25) is 0 Å². The summed E-state index contributed by atoms with van der Waals surface area (Å²) < 4.78 is 5.87. The molecule has 0 aliphatic carbocycles. The van der Waals surface area contributed by atoms with Crippen LogP contribution in [0, 0.1) is 17.8 Å². The molecule has 2 aliphatic rings. The second-order valence-corrected chi connectivity index (χ2v) is 7.41. The van der Waals surface area contributed by atoms with Gasteiger partial charge in [-0.3, -0.25) is 0 Å². The van der Waals surface area contributed by atoms with Gasteiger partial charge in [-0.2, -0.15) is 0 Å².